The number of halogens is 2. The van der Waals surface area contributed by atoms with E-state index in [-0.39, 0.29) is 24.2 Å². The number of carbonyl (C=O) groups excluding carboxylic acids is 1. The number of likely N-dealkylation sites (tertiary alicyclic amines) is 1. The van der Waals surface area contributed by atoms with Crippen LogP contribution in [-0.4, -0.2) is 47.1 Å². The Morgan fingerprint density at radius 3 is 3.08 bits per heavy atom. The molecule has 0 bridgehead atoms. The number of amides is 1. The molecule has 7 nitrogen and oxygen atoms in total. The number of carbonyl (C=O) groups is 1. The molecule has 2 heterocycles. The summed E-state index contributed by atoms with van der Waals surface area (Å²) < 4.78 is 5.36. The van der Waals surface area contributed by atoms with E-state index in [4.69, 9.17) is 21.9 Å². The third-order valence-corrected chi connectivity index (χ3v) is 4.46. The third kappa shape index (κ3) is 5.41. The van der Waals surface area contributed by atoms with Crippen molar-refractivity contribution in [2.24, 2.45) is 11.7 Å². The zero-order valence-corrected chi connectivity index (χ0v) is 15.9. The van der Waals surface area contributed by atoms with Crippen molar-refractivity contribution < 1.29 is 9.32 Å². The number of benzene rings is 1. The molecule has 1 aromatic heterocycles. The van der Waals surface area contributed by atoms with Crippen LogP contribution in [0.4, 0.5) is 0 Å². The molecule has 2 aromatic rings. The largest absolute Gasteiger partial charge is 0.355 e. The van der Waals surface area contributed by atoms with Crippen LogP contribution >= 0.6 is 24.0 Å². The molecule has 1 fully saturated rings. The van der Waals surface area contributed by atoms with Crippen molar-refractivity contribution in [2.45, 2.75) is 19.4 Å². The summed E-state index contributed by atoms with van der Waals surface area (Å²) in [5, 5.41) is 7.52. The summed E-state index contributed by atoms with van der Waals surface area (Å²) in [6.45, 7) is 3.10. The van der Waals surface area contributed by atoms with E-state index in [0.717, 1.165) is 24.9 Å². The van der Waals surface area contributed by atoms with Crippen LogP contribution in [0.2, 0.25) is 5.02 Å². The molecule has 3 N–H and O–H groups in total. The van der Waals surface area contributed by atoms with E-state index in [2.05, 4.69) is 20.4 Å². The Balaban J connectivity index is 0.00000243. The number of nitrogens with one attached hydrogen (secondary N) is 1. The van der Waals surface area contributed by atoms with E-state index in [9.17, 15) is 4.79 Å². The van der Waals surface area contributed by atoms with Gasteiger partial charge in [0.25, 0.3) is 0 Å². The Morgan fingerprint density at radius 1 is 1.46 bits per heavy atom. The lowest BCUT2D eigenvalue weighted by Gasteiger charge is -2.30. The fraction of sp³-hybridized carbons (Fsp3) is 0.471. The van der Waals surface area contributed by atoms with Gasteiger partial charge in [0.1, 0.15) is 0 Å². The summed E-state index contributed by atoms with van der Waals surface area (Å²) in [7, 11) is 0. The molecule has 142 valence electrons. The predicted octanol–water partition coefficient (Wildman–Crippen LogP) is 2.10. The maximum atomic E-state index is 12.1. The van der Waals surface area contributed by atoms with Crippen LogP contribution in [-0.2, 0) is 11.3 Å². The quantitative estimate of drug-likeness (QED) is 0.771. The minimum Gasteiger partial charge on any atom is -0.355 e. The molecule has 1 aliphatic rings. The number of aromatic nitrogens is 2. The van der Waals surface area contributed by atoms with Gasteiger partial charge in [-0.25, -0.2) is 0 Å². The number of hydrogen-bond donors (Lipinski definition) is 2. The van der Waals surface area contributed by atoms with E-state index in [0.29, 0.717) is 42.9 Å². The normalized spacial score (nSPS) is 17.5. The third-order valence-electron chi connectivity index (χ3n) is 4.23. The van der Waals surface area contributed by atoms with Gasteiger partial charge in [0, 0.05) is 30.2 Å². The standard InChI is InChI=1S/C17H22ClN5O2.ClH/c18-14-5-1-3-12(9-14)16-21-15(25-22-16)11-23-8-2-4-13(10-23)17(24)20-7-6-19;/h1,3,5,9,13H,2,4,6-8,10-11,19H2,(H,20,24);1H. The van der Waals surface area contributed by atoms with Crippen LogP contribution < -0.4 is 11.1 Å². The lowest BCUT2D eigenvalue weighted by atomic mass is 9.97. The maximum Gasteiger partial charge on any atom is 0.241 e. The van der Waals surface area contributed by atoms with Crippen molar-refractivity contribution in [3.63, 3.8) is 0 Å². The Labute approximate surface area is 163 Å². The molecule has 1 saturated heterocycles. The maximum absolute atomic E-state index is 12.1. The van der Waals surface area contributed by atoms with Crippen LogP contribution in [0.1, 0.15) is 18.7 Å². The summed E-state index contributed by atoms with van der Waals surface area (Å²) in [5.41, 5.74) is 6.25. The molecule has 9 heteroatoms. The number of hydrogen-bond acceptors (Lipinski definition) is 6. The minimum absolute atomic E-state index is 0. The first-order valence-corrected chi connectivity index (χ1v) is 8.82. The zero-order chi connectivity index (χ0) is 17.6. The Kier molecular flexibility index (Phi) is 7.84. The van der Waals surface area contributed by atoms with E-state index in [1.54, 1.807) is 12.1 Å². The molecule has 3 rings (SSSR count). The van der Waals surface area contributed by atoms with E-state index in [1.807, 2.05) is 12.1 Å². The van der Waals surface area contributed by atoms with Gasteiger partial charge in [0.15, 0.2) is 0 Å². The molecule has 1 aliphatic heterocycles. The van der Waals surface area contributed by atoms with Crippen LogP contribution in [0.5, 0.6) is 0 Å². The summed E-state index contributed by atoms with van der Waals surface area (Å²) in [6, 6.07) is 7.34. The van der Waals surface area contributed by atoms with Crippen LogP contribution in [0.25, 0.3) is 11.4 Å². The first-order valence-electron chi connectivity index (χ1n) is 8.44. The van der Waals surface area contributed by atoms with Gasteiger partial charge in [-0.2, -0.15) is 4.98 Å². The highest BCUT2D eigenvalue weighted by Gasteiger charge is 2.26. The van der Waals surface area contributed by atoms with Crippen molar-refractivity contribution in [2.75, 3.05) is 26.2 Å². The molecular formula is C17H23Cl2N5O2. The van der Waals surface area contributed by atoms with Gasteiger partial charge in [-0.05, 0) is 31.5 Å². The van der Waals surface area contributed by atoms with Gasteiger partial charge in [0.2, 0.25) is 17.6 Å². The summed E-state index contributed by atoms with van der Waals surface area (Å²) in [4.78, 5) is 18.7. The number of nitrogens with two attached hydrogens (primary N) is 1. The lowest BCUT2D eigenvalue weighted by Crippen LogP contribution is -2.43. The first kappa shape index (κ1) is 20.6. The summed E-state index contributed by atoms with van der Waals surface area (Å²) in [6.07, 6.45) is 1.86. The Morgan fingerprint density at radius 2 is 2.31 bits per heavy atom. The Bertz CT molecular complexity index is 725. The SMILES string of the molecule is Cl.NCCNC(=O)C1CCCN(Cc2nc(-c3cccc(Cl)c3)no2)C1. The predicted molar refractivity (Wildman–Crippen MR) is 102 cm³/mol. The fourth-order valence-corrected chi connectivity index (χ4v) is 3.20. The van der Waals surface area contributed by atoms with Gasteiger partial charge in [0.05, 0.1) is 12.5 Å². The minimum atomic E-state index is -0.0179. The number of piperidine rings is 1. The van der Waals surface area contributed by atoms with Crippen molar-refractivity contribution >= 4 is 29.9 Å². The van der Waals surface area contributed by atoms with E-state index in [1.165, 1.54) is 0 Å². The monoisotopic (exact) mass is 399 g/mol. The molecule has 1 aromatic carbocycles. The van der Waals surface area contributed by atoms with Crippen LogP contribution in [0, 0.1) is 5.92 Å². The van der Waals surface area contributed by atoms with Gasteiger partial charge >= 0.3 is 0 Å². The molecule has 0 radical (unpaired) electrons. The molecule has 0 aliphatic carbocycles. The highest BCUT2D eigenvalue weighted by molar-refractivity contribution is 6.30. The van der Waals surface area contributed by atoms with Gasteiger partial charge in [-0.1, -0.05) is 28.9 Å². The lowest BCUT2D eigenvalue weighted by molar-refractivity contribution is -0.126. The summed E-state index contributed by atoms with van der Waals surface area (Å²) >= 11 is 6.00. The second kappa shape index (κ2) is 9.87. The second-order valence-corrected chi connectivity index (χ2v) is 6.61. The second-order valence-electron chi connectivity index (χ2n) is 6.18. The van der Waals surface area contributed by atoms with Gasteiger partial charge < -0.3 is 15.6 Å². The molecule has 0 saturated carbocycles. The van der Waals surface area contributed by atoms with Crippen molar-refractivity contribution in [3.05, 3.63) is 35.2 Å². The van der Waals surface area contributed by atoms with E-state index >= 15 is 0 Å². The Hall–Kier alpha value is -1.67. The van der Waals surface area contributed by atoms with Crippen molar-refractivity contribution in [1.82, 2.24) is 20.4 Å². The summed E-state index contributed by atoms with van der Waals surface area (Å²) in [5.74, 6) is 1.11. The van der Waals surface area contributed by atoms with Crippen molar-refractivity contribution in [3.8, 4) is 11.4 Å². The number of nitrogens with zero attached hydrogens (tertiary/aromatic N) is 3. The number of rotatable bonds is 6. The van der Waals surface area contributed by atoms with E-state index < -0.39 is 0 Å². The smallest absolute Gasteiger partial charge is 0.241 e. The van der Waals surface area contributed by atoms with Crippen LogP contribution in [0.15, 0.2) is 28.8 Å². The highest BCUT2D eigenvalue weighted by Crippen LogP contribution is 2.22. The fourth-order valence-electron chi connectivity index (χ4n) is 3.01. The molecule has 0 spiro atoms. The average molecular weight is 400 g/mol. The van der Waals surface area contributed by atoms with Crippen molar-refractivity contribution in [1.29, 1.82) is 0 Å². The van der Waals surface area contributed by atoms with Gasteiger partial charge in [-0.15, -0.1) is 12.4 Å². The first-order chi connectivity index (χ1) is 12.2. The molecule has 1 unspecified atom stereocenters. The van der Waals surface area contributed by atoms with Crippen LogP contribution in [0.3, 0.4) is 0 Å². The molecular weight excluding hydrogens is 377 g/mol. The molecule has 26 heavy (non-hydrogen) atoms. The molecule has 1 atom stereocenters. The highest BCUT2D eigenvalue weighted by atomic mass is 35.5. The zero-order valence-electron chi connectivity index (χ0n) is 14.4. The average Bonchev–Trinajstić information content (AvgIpc) is 3.08. The topological polar surface area (TPSA) is 97.3 Å². The van der Waals surface area contributed by atoms with Gasteiger partial charge in [-0.3, -0.25) is 9.69 Å². The molecule has 1 amide bonds.